The van der Waals surface area contributed by atoms with Crippen LogP contribution in [0.25, 0.3) is 0 Å². The minimum Gasteiger partial charge on any atom is -0.464 e. The number of halogens is 4. The molecule has 82 valence electrons. The predicted molar refractivity (Wildman–Crippen MR) is 49.3 cm³/mol. The van der Waals surface area contributed by atoms with Crippen LogP contribution in [0.15, 0.2) is 12.3 Å². The van der Waals surface area contributed by atoms with E-state index in [1.54, 1.807) is 0 Å². The largest absolute Gasteiger partial charge is 1.00 e. The Bertz CT molecular complexity index is 402. The van der Waals surface area contributed by atoms with Crippen molar-refractivity contribution in [2.75, 3.05) is 7.11 Å². The van der Waals surface area contributed by atoms with E-state index in [4.69, 9.17) is 11.6 Å². The molecule has 0 radical (unpaired) electrons. The minimum atomic E-state index is -5.16. The molecular weight excluding hydrogens is 272 g/mol. The Morgan fingerprint density at radius 2 is 2.06 bits per heavy atom. The maximum Gasteiger partial charge on any atom is 1.00 e. The number of rotatable bonds is 2. The van der Waals surface area contributed by atoms with E-state index in [0.717, 1.165) is 7.11 Å². The van der Waals surface area contributed by atoms with Gasteiger partial charge in [-0.25, -0.2) is 4.79 Å². The van der Waals surface area contributed by atoms with E-state index in [-0.39, 0.29) is 62.1 Å². The summed E-state index contributed by atoms with van der Waals surface area (Å²) < 4.78 is 41.0. The van der Waals surface area contributed by atoms with Gasteiger partial charge < -0.3 is 17.7 Å². The van der Waals surface area contributed by atoms with Crippen LogP contribution in [0.5, 0.6) is 0 Å². The van der Waals surface area contributed by atoms with Crippen LogP contribution in [0.4, 0.5) is 12.9 Å². The van der Waals surface area contributed by atoms with Crippen molar-refractivity contribution in [3.05, 3.63) is 23.0 Å². The summed E-state index contributed by atoms with van der Waals surface area (Å²) in [5.41, 5.74) is -1.28. The number of hydrogen-bond donors (Lipinski definition) is 0. The fraction of sp³-hybridized carbons (Fsp3) is 0.143. The van der Waals surface area contributed by atoms with Gasteiger partial charge in [-0.05, 0) is 0 Å². The van der Waals surface area contributed by atoms with E-state index < -0.39 is 18.4 Å². The average molecular weight is 277 g/mol. The number of methoxy groups -OCH3 is 1. The van der Waals surface area contributed by atoms with Gasteiger partial charge in [-0.15, -0.1) is 0 Å². The van der Waals surface area contributed by atoms with Crippen LogP contribution >= 0.6 is 11.6 Å². The predicted octanol–water partition coefficient (Wildman–Crippen LogP) is -1.42. The second-order valence-electron chi connectivity index (χ2n) is 2.67. The number of ether oxygens (including phenoxy) is 1. The number of aromatic nitrogens is 1. The number of carbonyl (C=O) groups excluding carboxylic acids is 1. The Labute approximate surface area is 137 Å². The van der Waals surface area contributed by atoms with Crippen molar-refractivity contribution >= 4 is 30.0 Å². The molecular formula is C7H5BClF3KNO2. The minimum absolute atomic E-state index is 0. The molecule has 1 rings (SSSR count). The average Bonchev–Trinajstić information content (AvgIpc) is 2.15. The molecule has 0 bridgehead atoms. The summed E-state index contributed by atoms with van der Waals surface area (Å²) >= 11 is 5.46. The van der Waals surface area contributed by atoms with Crippen molar-refractivity contribution < 1.29 is 73.9 Å². The van der Waals surface area contributed by atoms with Gasteiger partial charge in [-0.1, -0.05) is 23.1 Å². The molecule has 16 heavy (non-hydrogen) atoms. The van der Waals surface area contributed by atoms with Crippen LogP contribution in [0.2, 0.25) is 5.02 Å². The summed E-state index contributed by atoms with van der Waals surface area (Å²) in [4.78, 5) is 14.3. The molecule has 0 saturated heterocycles. The Balaban J connectivity index is 0.00000225. The number of pyridine rings is 1. The molecule has 1 aromatic heterocycles. The molecule has 0 unspecified atom stereocenters. The van der Waals surface area contributed by atoms with E-state index in [0.29, 0.717) is 12.3 Å². The summed E-state index contributed by atoms with van der Waals surface area (Å²) in [6.45, 7) is -5.16. The Kier molecular flexibility index (Phi) is 6.52. The number of nitrogens with zero attached hydrogens (tertiary/aromatic N) is 1. The first kappa shape index (κ1) is 16.4. The van der Waals surface area contributed by atoms with Crippen molar-refractivity contribution in [2.24, 2.45) is 0 Å². The van der Waals surface area contributed by atoms with E-state index in [1.807, 2.05) is 0 Å². The SMILES string of the molecule is COC(=O)c1ncc([B-](F)(F)F)cc1Cl.[K+]. The molecule has 0 amide bonds. The normalized spacial score (nSPS) is 10.6. The van der Waals surface area contributed by atoms with E-state index in [1.165, 1.54) is 0 Å². The van der Waals surface area contributed by atoms with Crippen LogP contribution in [0.1, 0.15) is 10.5 Å². The first-order valence-corrected chi connectivity index (χ1v) is 4.17. The molecule has 0 spiro atoms. The van der Waals surface area contributed by atoms with Crippen LogP contribution in [-0.4, -0.2) is 25.0 Å². The van der Waals surface area contributed by atoms with Crippen LogP contribution < -0.4 is 56.8 Å². The Hall–Kier alpha value is 0.401. The topological polar surface area (TPSA) is 39.2 Å². The van der Waals surface area contributed by atoms with Crippen molar-refractivity contribution in [3.63, 3.8) is 0 Å². The van der Waals surface area contributed by atoms with Crippen molar-refractivity contribution in [1.29, 1.82) is 0 Å². The number of esters is 1. The van der Waals surface area contributed by atoms with Gasteiger partial charge in [0.1, 0.15) is 0 Å². The molecule has 0 aliphatic rings. The second kappa shape index (κ2) is 6.37. The molecule has 0 atom stereocenters. The second-order valence-corrected chi connectivity index (χ2v) is 3.07. The number of hydrogen-bond acceptors (Lipinski definition) is 3. The zero-order chi connectivity index (χ0) is 11.6. The summed E-state index contributed by atoms with van der Waals surface area (Å²) in [6.07, 6.45) is 0.554. The molecule has 0 aliphatic carbocycles. The maximum absolute atomic E-state index is 12.2. The van der Waals surface area contributed by atoms with Gasteiger partial charge in [-0.3, -0.25) is 4.98 Å². The summed E-state index contributed by atoms with van der Waals surface area (Å²) in [6, 6.07) is 0.654. The van der Waals surface area contributed by atoms with Crippen molar-refractivity contribution in [1.82, 2.24) is 4.98 Å². The van der Waals surface area contributed by atoms with Gasteiger partial charge in [0, 0.05) is 6.20 Å². The molecule has 0 aliphatic heterocycles. The van der Waals surface area contributed by atoms with Crippen molar-refractivity contribution in [2.45, 2.75) is 0 Å². The zero-order valence-electron chi connectivity index (χ0n) is 8.51. The third kappa shape index (κ3) is 4.01. The quantitative estimate of drug-likeness (QED) is 0.492. The summed E-state index contributed by atoms with van der Waals surface area (Å²) in [5, 5.41) is -0.376. The standard InChI is InChI=1S/C7H5BClF3NO2.K/c1-15-7(14)6-5(9)2-4(3-13-6)8(10,11)12;/h2-3H,1H3;/q-1;+1. The van der Waals surface area contributed by atoms with Gasteiger partial charge in [-0.2, -0.15) is 0 Å². The molecule has 0 fully saturated rings. The van der Waals surface area contributed by atoms with Crippen molar-refractivity contribution in [3.8, 4) is 0 Å². The van der Waals surface area contributed by atoms with Gasteiger partial charge in [0.05, 0.1) is 12.1 Å². The maximum atomic E-state index is 12.2. The first-order chi connectivity index (χ1) is 6.86. The fourth-order valence-electron chi connectivity index (χ4n) is 0.879. The van der Waals surface area contributed by atoms with Crippen LogP contribution in [-0.2, 0) is 4.74 Å². The van der Waals surface area contributed by atoms with Gasteiger partial charge in [0.25, 0.3) is 0 Å². The van der Waals surface area contributed by atoms with Gasteiger partial charge >= 0.3 is 64.3 Å². The zero-order valence-corrected chi connectivity index (χ0v) is 12.4. The Morgan fingerprint density at radius 3 is 2.44 bits per heavy atom. The summed E-state index contributed by atoms with van der Waals surface area (Å²) in [5.74, 6) is -0.874. The van der Waals surface area contributed by atoms with Crippen LogP contribution in [0.3, 0.4) is 0 Å². The van der Waals surface area contributed by atoms with Crippen LogP contribution in [0, 0.1) is 0 Å². The Morgan fingerprint density at radius 1 is 1.50 bits per heavy atom. The fourth-order valence-corrected chi connectivity index (χ4v) is 1.13. The summed E-state index contributed by atoms with van der Waals surface area (Å²) in [7, 11) is 1.09. The smallest absolute Gasteiger partial charge is 0.464 e. The molecule has 1 heterocycles. The van der Waals surface area contributed by atoms with E-state index >= 15 is 0 Å². The van der Waals surface area contributed by atoms with E-state index in [2.05, 4.69) is 9.72 Å². The number of carbonyl (C=O) groups is 1. The third-order valence-electron chi connectivity index (χ3n) is 1.62. The monoisotopic (exact) mass is 277 g/mol. The first-order valence-electron chi connectivity index (χ1n) is 3.80. The van der Waals surface area contributed by atoms with E-state index in [9.17, 15) is 17.7 Å². The third-order valence-corrected chi connectivity index (χ3v) is 1.91. The molecule has 3 nitrogen and oxygen atoms in total. The molecule has 0 aromatic carbocycles. The molecule has 1 aromatic rings. The molecule has 0 saturated carbocycles. The van der Waals surface area contributed by atoms with Gasteiger partial charge in [0.2, 0.25) is 0 Å². The molecule has 9 heteroatoms. The molecule has 0 N–H and O–H groups in total. The van der Waals surface area contributed by atoms with Gasteiger partial charge in [0.15, 0.2) is 5.69 Å².